The van der Waals surface area contributed by atoms with Crippen LogP contribution in [0.15, 0.2) is 48.5 Å². The first-order valence-corrected chi connectivity index (χ1v) is 12.0. The minimum absolute atomic E-state index is 0.0118. The lowest BCUT2D eigenvalue weighted by Crippen LogP contribution is -2.49. The van der Waals surface area contributed by atoms with Crippen LogP contribution in [0.3, 0.4) is 0 Å². The van der Waals surface area contributed by atoms with Crippen molar-refractivity contribution in [2.75, 3.05) is 20.2 Å². The fourth-order valence-electron chi connectivity index (χ4n) is 5.25. The summed E-state index contributed by atoms with van der Waals surface area (Å²) < 4.78 is 5.68. The van der Waals surface area contributed by atoms with Crippen molar-refractivity contribution in [1.29, 1.82) is 0 Å². The van der Waals surface area contributed by atoms with Gasteiger partial charge >= 0.3 is 12.1 Å². The van der Waals surface area contributed by atoms with Crippen LogP contribution in [0.1, 0.15) is 55.6 Å². The molecule has 1 saturated carbocycles. The van der Waals surface area contributed by atoms with E-state index < -0.39 is 12.1 Å². The number of aliphatic carboxylic acids is 1. The molecule has 1 fully saturated rings. The Kier molecular flexibility index (Phi) is 7.50. The summed E-state index contributed by atoms with van der Waals surface area (Å²) in [5.74, 6) is -1.24. The van der Waals surface area contributed by atoms with Crippen LogP contribution in [0.4, 0.5) is 4.79 Å². The van der Waals surface area contributed by atoms with Crippen molar-refractivity contribution in [1.82, 2.24) is 10.2 Å². The summed E-state index contributed by atoms with van der Waals surface area (Å²) in [6.45, 7) is 0.625. The first-order valence-electron chi connectivity index (χ1n) is 12.0. The average Bonchev–Trinajstić information content (AvgIpc) is 3.16. The number of carboxylic acids is 1. The molecule has 7 heteroatoms. The van der Waals surface area contributed by atoms with Gasteiger partial charge in [0, 0.05) is 32.0 Å². The van der Waals surface area contributed by atoms with Crippen molar-refractivity contribution in [3.8, 4) is 11.1 Å². The zero-order chi connectivity index (χ0) is 24.1. The third-order valence-corrected chi connectivity index (χ3v) is 6.99. The normalized spacial score (nSPS) is 19.1. The quantitative estimate of drug-likeness (QED) is 0.603. The number of hydrogen-bond donors (Lipinski definition) is 2. The van der Waals surface area contributed by atoms with E-state index in [0.717, 1.165) is 30.4 Å². The highest BCUT2D eigenvalue weighted by molar-refractivity contribution is 5.81. The van der Waals surface area contributed by atoms with Gasteiger partial charge in [-0.25, -0.2) is 4.79 Å². The van der Waals surface area contributed by atoms with Gasteiger partial charge in [0.15, 0.2) is 0 Å². The molecule has 4 rings (SSSR count). The molecule has 180 valence electrons. The monoisotopic (exact) mass is 464 g/mol. The van der Waals surface area contributed by atoms with E-state index in [4.69, 9.17) is 9.84 Å². The van der Waals surface area contributed by atoms with Crippen LogP contribution in [-0.2, 0) is 14.3 Å². The van der Waals surface area contributed by atoms with Crippen molar-refractivity contribution in [2.24, 2.45) is 5.92 Å². The van der Waals surface area contributed by atoms with Gasteiger partial charge in [-0.2, -0.15) is 0 Å². The van der Waals surface area contributed by atoms with Crippen LogP contribution < -0.4 is 5.32 Å². The third-order valence-electron chi connectivity index (χ3n) is 6.99. The van der Waals surface area contributed by atoms with E-state index in [9.17, 15) is 14.4 Å². The summed E-state index contributed by atoms with van der Waals surface area (Å²) in [6, 6.07) is 16.1. The molecule has 0 bridgehead atoms. The molecule has 34 heavy (non-hydrogen) atoms. The number of benzene rings is 2. The number of amides is 2. The lowest BCUT2D eigenvalue weighted by atomic mass is 9.83. The van der Waals surface area contributed by atoms with E-state index in [0.29, 0.717) is 19.4 Å². The molecule has 7 nitrogen and oxygen atoms in total. The van der Waals surface area contributed by atoms with E-state index in [2.05, 4.69) is 29.6 Å². The number of carbonyl (C=O) groups is 3. The number of carboxylic acid groups (broad SMARTS) is 1. The Hall–Kier alpha value is -3.35. The minimum Gasteiger partial charge on any atom is -0.481 e. The van der Waals surface area contributed by atoms with Crippen LogP contribution in [0, 0.1) is 5.92 Å². The molecule has 2 aliphatic carbocycles. The first-order chi connectivity index (χ1) is 16.5. The van der Waals surface area contributed by atoms with E-state index >= 15 is 0 Å². The lowest BCUT2D eigenvalue weighted by molar-refractivity contribution is -0.139. The van der Waals surface area contributed by atoms with Crippen molar-refractivity contribution in [3.05, 3.63) is 59.7 Å². The van der Waals surface area contributed by atoms with Crippen LogP contribution in [0.5, 0.6) is 0 Å². The van der Waals surface area contributed by atoms with Crippen molar-refractivity contribution in [2.45, 2.75) is 50.5 Å². The molecule has 0 spiro atoms. The molecule has 2 atom stereocenters. The van der Waals surface area contributed by atoms with Crippen molar-refractivity contribution < 1.29 is 24.2 Å². The highest BCUT2D eigenvalue weighted by atomic mass is 16.5. The summed E-state index contributed by atoms with van der Waals surface area (Å²) in [5, 5.41) is 11.8. The molecule has 0 aliphatic heterocycles. The summed E-state index contributed by atoms with van der Waals surface area (Å²) in [4.78, 5) is 38.1. The topological polar surface area (TPSA) is 95.9 Å². The Balaban J connectivity index is 1.36. The molecule has 2 aromatic carbocycles. The molecule has 0 unspecified atom stereocenters. The molecule has 0 radical (unpaired) electrons. The summed E-state index contributed by atoms with van der Waals surface area (Å²) in [7, 11) is 1.70. The second kappa shape index (κ2) is 10.7. The van der Waals surface area contributed by atoms with E-state index in [1.165, 1.54) is 11.1 Å². The van der Waals surface area contributed by atoms with Crippen LogP contribution >= 0.6 is 0 Å². The maximum atomic E-state index is 13.0. The summed E-state index contributed by atoms with van der Waals surface area (Å²) in [5.41, 5.74) is 4.67. The average molecular weight is 465 g/mol. The lowest BCUT2D eigenvalue weighted by Gasteiger charge is -2.33. The van der Waals surface area contributed by atoms with Gasteiger partial charge in [-0.05, 0) is 41.5 Å². The second-order valence-electron chi connectivity index (χ2n) is 9.22. The minimum atomic E-state index is -0.867. The molecule has 0 aromatic heterocycles. The fourth-order valence-corrected chi connectivity index (χ4v) is 5.25. The van der Waals surface area contributed by atoms with Crippen LogP contribution in [-0.4, -0.2) is 54.2 Å². The van der Waals surface area contributed by atoms with Gasteiger partial charge in [-0.1, -0.05) is 61.4 Å². The van der Waals surface area contributed by atoms with Gasteiger partial charge < -0.3 is 20.1 Å². The number of hydrogen-bond acceptors (Lipinski definition) is 4. The SMILES string of the molecule is CN(CCCC(=O)O)C(=O)[C@@H]1CCCC[C@@H]1NC(=O)OCC1c2ccccc2-c2ccccc21. The number of alkyl carbamates (subject to hydrolysis) is 1. The molecule has 0 heterocycles. The Labute approximate surface area is 200 Å². The van der Waals surface area contributed by atoms with Gasteiger partial charge in [0.25, 0.3) is 0 Å². The Morgan fingerprint density at radius 1 is 1.00 bits per heavy atom. The van der Waals surface area contributed by atoms with Gasteiger partial charge in [0.1, 0.15) is 6.61 Å². The Morgan fingerprint density at radius 3 is 2.26 bits per heavy atom. The predicted octanol–water partition coefficient (Wildman–Crippen LogP) is 4.41. The molecule has 0 saturated heterocycles. The number of rotatable bonds is 8. The summed E-state index contributed by atoms with van der Waals surface area (Å²) in [6.07, 6.45) is 3.25. The van der Waals surface area contributed by atoms with Gasteiger partial charge in [-0.3, -0.25) is 9.59 Å². The molecule has 2 aromatic rings. The largest absolute Gasteiger partial charge is 0.481 e. The molecular weight excluding hydrogens is 432 g/mol. The van der Waals surface area contributed by atoms with Crippen molar-refractivity contribution in [3.63, 3.8) is 0 Å². The molecular formula is C27H32N2O5. The highest BCUT2D eigenvalue weighted by Gasteiger charge is 2.35. The van der Waals surface area contributed by atoms with Gasteiger partial charge in [0.05, 0.1) is 5.92 Å². The van der Waals surface area contributed by atoms with Crippen LogP contribution in [0.2, 0.25) is 0 Å². The molecule has 2 N–H and O–H groups in total. The maximum absolute atomic E-state index is 13.0. The van der Waals surface area contributed by atoms with Crippen LogP contribution in [0.25, 0.3) is 11.1 Å². The predicted molar refractivity (Wildman–Crippen MR) is 128 cm³/mol. The zero-order valence-corrected chi connectivity index (χ0v) is 19.5. The van der Waals surface area contributed by atoms with E-state index in [1.807, 2.05) is 24.3 Å². The Bertz CT molecular complexity index is 1010. The van der Waals surface area contributed by atoms with Crippen molar-refractivity contribution >= 4 is 18.0 Å². The molecule has 2 aliphatic rings. The number of ether oxygens (including phenoxy) is 1. The standard InChI is InChI=1S/C27H32N2O5/c1-29(16-8-15-25(30)31)26(32)22-13-6-7-14-24(22)28-27(33)34-17-23-20-11-4-2-9-18(20)19-10-3-5-12-21(19)23/h2-5,9-12,22-24H,6-8,13-17H2,1H3,(H,28,33)(H,30,31)/t22-,24+/m1/s1. The first kappa shape index (κ1) is 23.8. The summed E-state index contributed by atoms with van der Waals surface area (Å²) >= 11 is 0. The maximum Gasteiger partial charge on any atom is 0.407 e. The fraction of sp³-hybridized carbons (Fsp3) is 0.444. The second-order valence-corrected chi connectivity index (χ2v) is 9.22. The zero-order valence-electron chi connectivity index (χ0n) is 19.5. The van der Waals surface area contributed by atoms with Gasteiger partial charge in [0.2, 0.25) is 5.91 Å². The number of carbonyl (C=O) groups excluding carboxylic acids is 2. The number of fused-ring (bicyclic) bond motifs is 3. The van der Waals surface area contributed by atoms with E-state index in [-0.39, 0.29) is 36.8 Å². The number of nitrogens with zero attached hydrogens (tertiary/aromatic N) is 1. The Morgan fingerprint density at radius 2 is 1.62 bits per heavy atom. The molecule has 2 amide bonds. The van der Waals surface area contributed by atoms with E-state index in [1.54, 1.807) is 11.9 Å². The smallest absolute Gasteiger partial charge is 0.407 e. The third kappa shape index (κ3) is 5.24. The highest BCUT2D eigenvalue weighted by Crippen LogP contribution is 2.44. The number of nitrogens with one attached hydrogen (secondary N) is 1. The van der Waals surface area contributed by atoms with Gasteiger partial charge in [-0.15, -0.1) is 0 Å².